The molecular weight excluding hydrogens is 360 g/mol. The number of carbonyl (C=O) groups is 1. The maximum absolute atomic E-state index is 12.0. The second-order valence-electron chi connectivity index (χ2n) is 7.02. The van der Waals surface area contributed by atoms with Crippen LogP contribution in [0.2, 0.25) is 0 Å². The van der Waals surface area contributed by atoms with Crippen molar-refractivity contribution in [3.63, 3.8) is 0 Å². The van der Waals surface area contributed by atoms with Gasteiger partial charge in [-0.2, -0.15) is 0 Å². The lowest BCUT2D eigenvalue weighted by Crippen LogP contribution is -1.93. The number of methoxy groups -OCH3 is 2. The number of allylic oxidation sites excluding steroid dienone is 1. The van der Waals surface area contributed by atoms with Crippen molar-refractivity contribution in [3.8, 4) is 11.5 Å². The Balaban J connectivity index is 1.83. The van der Waals surface area contributed by atoms with Crippen LogP contribution in [0, 0.1) is 0 Å². The minimum Gasteiger partial charge on any atom is -0.497 e. The first-order valence-corrected chi connectivity index (χ1v) is 9.46. The standard InChI is InChI=1S/C26H22O3/c1-17(27)12-26(22-6-4-20-15-24(28-2)10-8-18(20)13-22)23-7-5-21-16-25(29-3)11-9-19(21)14-23/h4-16H,1-3H3. The van der Waals surface area contributed by atoms with Crippen LogP contribution < -0.4 is 9.47 Å². The third-order valence-electron chi connectivity index (χ3n) is 5.06. The zero-order valence-electron chi connectivity index (χ0n) is 16.7. The Morgan fingerprint density at radius 2 is 1.07 bits per heavy atom. The van der Waals surface area contributed by atoms with Gasteiger partial charge in [-0.05, 0) is 87.6 Å². The molecule has 0 atom stereocenters. The quantitative estimate of drug-likeness (QED) is 0.395. The van der Waals surface area contributed by atoms with Crippen LogP contribution in [-0.4, -0.2) is 20.0 Å². The Labute approximate surface area is 170 Å². The molecule has 3 heteroatoms. The molecule has 0 spiro atoms. The third kappa shape index (κ3) is 3.85. The predicted molar refractivity (Wildman–Crippen MR) is 119 cm³/mol. The predicted octanol–water partition coefficient (Wildman–Crippen LogP) is 6.03. The summed E-state index contributed by atoms with van der Waals surface area (Å²) in [5.74, 6) is 1.68. The van der Waals surface area contributed by atoms with Gasteiger partial charge in [0.15, 0.2) is 5.78 Å². The van der Waals surface area contributed by atoms with E-state index in [2.05, 4.69) is 36.4 Å². The zero-order chi connectivity index (χ0) is 20.4. The topological polar surface area (TPSA) is 35.5 Å². The van der Waals surface area contributed by atoms with E-state index in [0.29, 0.717) is 0 Å². The molecule has 0 saturated heterocycles. The van der Waals surface area contributed by atoms with Crippen molar-refractivity contribution in [1.82, 2.24) is 0 Å². The van der Waals surface area contributed by atoms with E-state index in [1.54, 1.807) is 27.2 Å². The second kappa shape index (κ2) is 7.80. The van der Waals surface area contributed by atoms with Crippen LogP contribution in [0.25, 0.3) is 27.1 Å². The van der Waals surface area contributed by atoms with Gasteiger partial charge in [-0.1, -0.05) is 36.4 Å². The summed E-state index contributed by atoms with van der Waals surface area (Å²) >= 11 is 0. The van der Waals surface area contributed by atoms with E-state index in [-0.39, 0.29) is 5.78 Å². The normalized spacial score (nSPS) is 10.7. The van der Waals surface area contributed by atoms with Gasteiger partial charge in [-0.15, -0.1) is 0 Å². The molecule has 0 aliphatic rings. The monoisotopic (exact) mass is 382 g/mol. The molecule has 3 nitrogen and oxygen atoms in total. The number of ether oxygens (including phenoxy) is 2. The Morgan fingerprint density at radius 1 is 0.655 bits per heavy atom. The smallest absolute Gasteiger partial charge is 0.153 e. The van der Waals surface area contributed by atoms with Gasteiger partial charge < -0.3 is 9.47 Å². The highest BCUT2D eigenvalue weighted by Crippen LogP contribution is 2.31. The minimum atomic E-state index is 0.0182. The van der Waals surface area contributed by atoms with Gasteiger partial charge in [0.25, 0.3) is 0 Å². The van der Waals surface area contributed by atoms with E-state index < -0.39 is 0 Å². The molecule has 0 aliphatic heterocycles. The molecule has 0 radical (unpaired) electrons. The lowest BCUT2D eigenvalue weighted by Gasteiger charge is -2.12. The molecule has 0 amide bonds. The number of fused-ring (bicyclic) bond motifs is 2. The highest BCUT2D eigenvalue weighted by molar-refractivity contribution is 6.02. The van der Waals surface area contributed by atoms with Crippen molar-refractivity contribution >= 4 is 32.9 Å². The second-order valence-corrected chi connectivity index (χ2v) is 7.02. The Hall–Kier alpha value is -3.59. The van der Waals surface area contributed by atoms with Crippen LogP contribution in [0.1, 0.15) is 18.1 Å². The van der Waals surface area contributed by atoms with Crippen LogP contribution in [-0.2, 0) is 4.79 Å². The van der Waals surface area contributed by atoms with Crippen molar-refractivity contribution in [1.29, 1.82) is 0 Å². The fourth-order valence-electron chi connectivity index (χ4n) is 3.57. The van der Waals surface area contributed by atoms with E-state index >= 15 is 0 Å². The third-order valence-corrected chi connectivity index (χ3v) is 5.06. The maximum Gasteiger partial charge on any atom is 0.153 e. The minimum absolute atomic E-state index is 0.0182. The molecule has 144 valence electrons. The molecule has 0 bridgehead atoms. The fourth-order valence-corrected chi connectivity index (χ4v) is 3.57. The Kier molecular flexibility index (Phi) is 5.05. The molecule has 0 saturated carbocycles. The van der Waals surface area contributed by atoms with E-state index in [0.717, 1.165) is 49.7 Å². The summed E-state index contributed by atoms with van der Waals surface area (Å²) in [6.45, 7) is 1.58. The summed E-state index contributed by atoms with van der Waals surface area (Å²) in [7, 11) is 3.33. The van der Waals surface area contributed by atoms with E-state index in [1.165, 1.54) is 0 Å². The van der Waals surface area contributed by atoms with Crippen molar-refractivity contribution in [2.75, 3.05) is 14.2 Å². The van der Waals surface area contributed by atoms with Crippen LogP contribution in [0.5, 0.6) is 11.5 Å². The van der Waals surface area contributed by atoms with E-state index in [9.17, 15) is 4.79 Å². The highest BCUT2D eigenvalue weighted by atomic mass is 16.5. The largest absolute Gasteiger partial charge is 0.497 e. The molecule has 0 aliphatic carbocycles. The van der Waals surface area contributed by atoms with Crippen molar-refractivity contribution < 1.29 is 14.3 Å². The number of ketones is 1. The average Bonchev–Trinajstić information content (AvgIpc) is 2.75. The van der Waals surface area contributed by atoms with Crippen LogP contribution >= 0.6 is 0 Å². The molecule has 4 aromatic rings. The summed E-state index contributed by atoms with van der Waals surface area (Å²) in [6.07, 6.45) is 1.70. The summed E-state index contributed by atoms with van der Waals surface area (Å²) in [4.78, 5) is 12.0. The molecule has 4 rings (SSSR count). The fraction of sp³-hybridized carbons (Fsp3) is 0.115. The summed E-state index contributed by atoms with van der Waals surface area (Å²) < 4.78 is 10.6. The molecule has 0 fully saturated rings. The molecule has 0 N–H and O–H groups in total. The SMILES string of the molecule is COc1ccc2cc(C(=CC(C)=O)c3ccc4cc(OC)ccc4c3)ccc2c1. The van der Waals surface area contributed by atoms with Gasteiger partial charge in [0, 0.05) is 0 Å². The molecule has 0 aromatic heterocycles. The highest BCUT2D eigenvalue weighted by Gasteiger charge is 2.09. The van der Waals surface area contributed by atoms with Gasteiger partial charge in [-0.25, -0.2) is 0 Å². The zero-order valence-corrected chi connectivity index (χ0v) is 16.7. The number of hydrogen-bond donors (Lipinski definition) is 0. The van der Waals surface area contributed by atoms with Crippen LogP contribution in [0.4, 0.5) is 0 Å². The van der Waals surface area contributed by atoms with Gasteiger partial charge in [-0.3, -0.25) is 4.79 Å². The van der Waals surface area contributed by atoms with Crippen molar-refractivity contribution in [2.45, 2.75) is 6.92 Å². The van der Waals surface area contributed by atoms with Gasteiger partial charge in [0.1, 0.15) is 11.5 Å². The van der Waals surface area contributed by atoms with Gasteiger partial charge in [0.2, 0.25) is 0 Å². The van der Waals surface area contributed by atoms with Crippen molar-refractivity contribution in [3.05, 3.63) is 90.0 Å². The Morgan fingerprint density at radius 3 is 1.48 bits per heavy atom. The summed E-state index contributed by atoms with van der Waals surface area (Å²) in [5, 5.41) is 4.40. The number of hydrogen-bond acceptors (Lipinski definition) is 3. The van der Waals surface area contributed by atoms with Crippen LogP contribution in [0.15, 0.2) is 78.9 Å². The summed E-state index contributed by atoms with van der Waals surface area (Å²) in [5.41, 5.74) is 2.92. The summed E-state index contributed by atoms with van der Waals surface area (Å²) in [6, 6.07) is 24.4. The van der Waals surface area contributed by atoms with Crippen LogP contribution in [0.3, 0.4) is 0 Å². The van der Waals surface area contributed by atoms with Gasteiger partial charge in [0.05, 0.1) is 14.2 Å². The molecular formula is C26H22O3. The van der Waals surface area contributed by atoms with Crippen molar-refractivity contribution in [2.24, 2.45) is 0 Å². The first-order valence-electron chi connectivity index (χ1n) is 9.46. The first kappa shape index (κ1) is 18.8. The lowest BCUT2D eigenvalue weighted by atomic mass is 9.93. The number of carbonyl (C=O) groups excluding carboxylic acids is 1. The molecule has 29 heavy (non-hydrogen) atoms. The molecule has 4 aromatic carbocycles. The maximum atomic E-state index is 12.0. The van der Waals surface area contributed by atoms with E-state index in [1.807, 2.05) is 36.4 Å². The average molecular weight is 382 g/mol. The molecule has 0 heterocycles. The lowest BCUT2D eigenvalue weighted by molar-refractivity contribution is -0.112. The molecule has 0 unspecified atom stereocenters. The first-order chi connectivity index (χ1) is 14.1. The number of rotatable bonds is 5. The Bertz CT molecular complexity index is 1160. The van der Waals surface area contributed by atoms with E-state index in [4.69, 9.17) is 9.47 Å². The van der Waals surface area contributed by atoms with Gasteiger partial charge >= 0.3 is 0 Å². The number of benzene rings is 4.